The summed E-state index contributed by atoms with van der Waals surface area (Å²) in [4.78, 5) is 2.52. The minimum absolute atomic E-state index is 0.433. The van der Waals surface area contributed by atoms with Gasteiger partial charge in [-0.25, -0.2) is 0 Å². The average Bonchev–Trinajstić information content (AvgIpc) is 4.05. The van der Waals surface area contributed by atoms with E-state index in [0.717, 1.165) is 61.2 Å². The van der Waals surface area contributed by atoms with Gasteiger partial charge in [-0.3, -0.25) is 0 Å². The molecule has 0 saturated heterocycles. The summed E-state index contributed by atoms with van der Waals surface area (Å²) in [5, 5.41) is 4.53. The first-order valence-corrected chi connectivity index (χ1v) is 25.1. The van der Waals surface area contributed by atoms with E-state index < -0.39 is 10.8 Å². The Balaban J connectivity index is 0.983. The van der Waals surface area contributed by atoms with Gasteiger partial charge in [0.05, 0.1) is 16.5 Å². The van der Waals surface area contributed by atoms with Crippen LogP contribution in [0.5, 0.6) is 11.5 Å². The zero-order valence-corrected chi connectivity index (χ0v) is 39.2. The predicted molar refractivity (Wildman–Crippen MR) is 295 cm³/mol. The van der Waals surface area contributed by atoms with E-state index in [1.54, 1.807) is 0 Å². The molecular formula is C70H43NO. The Morgan fingerprint density at radius 2 is 0.708 bits per heavy atom. The van der Waals surface area contributed by atoms with Crippen molar-refractivity contribution in [1.82, 2.24) is 0 Å². The molecule has 3 aliphatic carbocycles. The first kappa shape index (κ1) is 39.6. The van der Waals surface area contributed by atoms with Crippen molar-refractivity contribution in [3.8, 4) is 56.0 Å². The zero-order valence-electron chi connectivity index (χ0n) is 39.2. The normalized spacial score (nSPS) is 14.2. The Bertz CT molecular complexity index is 4130. The maximum atomic E-state index is 7.33. The number of hydrogen-bond acceptors (Lipinski definition) is 2. The van der Waals surface area contributed by atoms with Gasteiger partial charge in [-0.15, -0.1) is 0 Å². The molecule has 16 rings (SSSR count). The van der Waals surface area contributed by atoms with E-state index in [2.05, 4.69) is 266 Å². The predicted octanol–water partition coefficient (Wildman–Crippen LogP) is 17.9. The number of ether oxygens (including phenoxy) is 1. The van der Waals surface area contributed by atoms with Crippen molar-refractivity contribution in [2.75, 3.05) is 4.90 Å². The lowest BCUT2D eigenvalue weighted by Gasteiger charge is -2.40. The molecule has 2 heteroatoms. The molecule has 0 aromatic heterocycles. The summed E-state index contributed by atoms with van der Waals surface area (Å²) in [6.45, 7) is 0. The zero-order chi connectivity index (χ0) is 47.1. The van der Waals surface area contributed by atoms with Crippen molar-refractivity contribution in [2.24, 2.45) is 0 Å². The van der Waals surface area contributed by atoms with Crippen molar-refractivity contribution < 1.29 is 4.74 Å². The molecule has 0 fully saturated rings. The standard InChI is InChI=1S/C70H43NO/c1-2-17-44(18-3-1)45-33-37-48(38-34-45)71(49-39-42-61-56(43-49)54-25-10-14-29-59(54)69(61)57-27-12-8-23-52(57)53-24-9-13-28-58(53)69)65-32-16-31-62-66(65)55-26-11-15-30-60(55)70(62)63-40-35-46-19-4-6-21-50(46)67(63)72-68-51-22-7-5-20-47(51)36-41-64(68)70/h1-43H. The van der Waals surface area contributed by atoms with Crippen molar-refractivity contribution in [2.45, 2.75) is 10.8 Å². The van der Waals surface area contributed by atoms with E-state index in [4.69, 9.17) is 4.74 Å². The molecule has 12 aromatic rings. The summed E-state index contributed by atoms with van der Waals surface area (Å²) in [5.74, 6) is 1.83. The lowest BCUT2D eigenvalue weighted by molar-refractivity contribution is 0.447. The van der Waals surface area contributed by atoms with Crippen molar-refractivity contribution in [3.63, 3.8) is 0 Å². The first-order valence-electron chi connectivity index (χ1n) is 25.1. The third kappa shape index (κ3) is 5.03. The maximum absolute atomic E-state index is 7.33. The van der Waals surface area contributed by atoms with Crippen molar-refractivity contribution in [3.05, 3.63) is 305 Å². The first-order chi connectivity index (χ1) is 35.7. The van der Waals surface area contributed by atoms with Crippen LogP contribution < -0.4 is 9.64 Å². The van der Waals surface area contributed by atoms with Gasteiger partial charge in [0.15, 0.2) is 0 Å². The molecule has 4 aliphatic rings. The number of fused-ring (bicyclic) bond motifs is 23. The molecule has 12 aromatic carbocycles. The van der Waals surface area contributed by atoms with Gasteiger partial charge in [-0.05, 0) is 113 Å². The Labute approximate surface area is 418 Å². The van der Waals surface area contributed by atoms with Crippen LogP contribution in [-0.4, -0.2) is 0 Å². The molecular weight excluding hydrogens is 871 g/mol. The van der Waals surface area contributed by atoms with E-state index in [-0.39, 0.29) is 0 Å². The topological polar surface area (TPSA) is 12.5 Å². The van der Waals surface area contributed by atoms with Gasteiger partial charge in [0.25, 0.3) is 0 Å². The van der Waals surface area contributed by atoms with E-state index in [9.17, 15) is 0 Å². The lowest BCUT2D eigenvalue weighted by Crippen LogP contribution is -2.32. The van der Waals surface area contributed by atoms with Gasteiger partial charge < -0.3 is 9.64 Å². The third-order valence-corrected chi connectivity index (χ3v) is 16.5. The van der Waals surface area contributed by atoms with E-state index in [1.165, 1.54) is 77.9 Å². The smallest absolute Gasteiger partial charge is 0.140 e. The lowest BCUT2D eigenvalue weighted by atomic mass is 9.65. The fraction of sp³-hybridized carbons (Fsp3) is 0.0286. The maximum Gasteiger partial charge on any atom is 0.140 e. The van der Waals surface area contributed by atoms with E-state index in [1.807, 2.05) is 0 Å². The molecule has 0 saturated carbocycles. The SMILES string of the molecule is c1ccc(-c2ccc(N(c3ccc4c(c3)-c3ccccc3C43c4ccccc4-c4ccccc43)c3cccc4c3-c3ccccc3C43c4ccc5ccccc5c4Oc4c3ccc3ccccc43)cc2)cc1. The van der Waals surface area contributed by atoms with Crippen LogP contribution in [-0.2, 0) is 10.8 Å². The van der Waals surface area contributed by atoms with Gasteiger partial charge in [-0.1, -0.05) is 231 Å². The second-order valence-corrected chi connectivity index (χ2v) is 19.8. The van der Waals surface area contributed by atoms with Crippen LogP contribution >= 0.6 is 0 Å². The molecule has 1 heterocycles. The third-order valence-electron chi connectivity index (χ3n) is 16.5. The summed E-state index contributed by atoms with van der Waals surface area (Å²) in [6.07, 6.45) is 0. The molecule has 0 radical (unpaired) electrons. The molecule has 0 bridgehead atoms. The quantitative estimate of drug-likeness (QED) is 0.174. The molecule has 0 amide bonds. The number of benzene rings is 12. The monoisotopic (exact) mass is 913 g/mol. The van der Waals surface area contributed by atoms with Gasteiger partial charge in [0, 0.05) is 38.8 Å². The van der Waals surface area contributed by atoms with E-state index in [0.29, 0.717) is 0 Å². The average molecular weight is 914 g/mol. The summed E-state index contributed by atoms with van der Waals surface area (Å²) >= 11 is 0. The molecule has 334 valence electrons. The number of rotatable bonds is 4. The number of anilines is 3. The van der Waals surface area contributed by atoms with Crippen LogP contribution in [0.15, 0.2) is 261 Å². The molecule has 72 heavy (non-hydrogen) atoms. The van der Waals surface area contributed by atoms with Gasteiger partial charge in [-0.2, -0.15) is 0 Å². The highest BCUT2D eigenvalue weighted by Crippen LogP contribution is 2.67. The molecule has 2 spiro atoms. The van der Waals surface area contributed by atoms with Gasteiger partial charge in [0.2, 0.25) is 0 Å². The second kappa shape index (κ2) is 14.6. The number of hydrogen-bond donors (Lipinski definition) is 0. The second-order valence-electron chi connectivity index (χ2n) is 19.8. The fourth-order valence-electron chi connectivity index (χ4n) is 13.7. The summed E-state index contributed by atoms with van der Waals surface area (Å²) in [6, 6.07) is 97.1. The summed E-state index contributed by atoms with van der Waals surface area (Å²) in [5.41, 5.74) is 22.3. The van der Waals surface area contributed by atoms with Crippen LogP contribution in [0.2, 0.25) is 0 Å². The minimum atomic E-state index is -0.686. The Morgan fingerprint density at radius 3 is 1.32 bits per heavy atom. The van der Waals surface area contributed by atoms with Gasteiger partial charge >= 0.3 is 0 Å². The van der Waals surface area contributed by atoms with Crippen LogP contribution in [0.1, 0.15) is 44.5 Å². The Hall–Kier alpha value is -9.24. The summed E-state index contributed by atoms with van der Waals surface area (Å²) < 4.78 is 7.33. The highest BCUT2D eigenvalue weighted by molar-refractivity contribution is 6.04. The van der Waals surface area contributed by atoms with Crippen LogP contribution in [0, 0.1) is 0 Å². The minimum Gasteiger partial charge on any atom is -0.455 e. The van der Waals surface area contributed by atoms with Crippen molar-refractivity contribution >= 4 is 38.6 Å². The van der Waals surface area contributed by atoms with Crippen LogP contribution in [0.4, 0.5) is 17.1 Å². The van der Waals surface area contributed by atoms with Crippen LogP contribution in [0.3, 0.4) is 0 Å². The van der Waals surface area contributed by atoms with Crippen LogP contribution in [0.25, 0.3) is 66.1 Å². The summed E-state index contributed by atoms with van der Waals surface area (Å²) in [7, 11) is 0. The molecule has 1 aliphatic heterocycles. The molecule has 0 N–H and O–H groups in total. The fourth-order valence-corrected chi connectivity index (χ4v) is 13.7. The Morgan fingerprint density at radius 1 is 0.278 bits per heavy atom. The number of nitrogens with zero attached hydrogens (tertiary/aromatic N) is 1. The van der Waals surface area contributed by atoms with E-state index >= 15 is 0 Å². The molecule has 0 atom stereocenters. The highest BCUT2D eigenvalue weighted by atomic mass is 16.5. The van der Waals surface area contributed by atoms with Gasteiger partial charge in [0.1, 0.15) is 11.5 Å². The highest BCUT2D eigenvalue weighted by Gasteiger charge is 2.54. The molecule has 2 nitrogen and oxygen atoms in total. The van der Waals surface area contributed by atoms with Crippen molar-refractivity contribution in [1.29, 1.82) is 0 Å². The molecule has 0 unspecified atom stereocenters. The largest absolute Gasteiger partial charge is 0.455 e. The Kier molecular flexibility index (Phi) is 8.05.